The van der Waals surface area contributed by atoms with E-state index in [0.29, 0.717) is 40.6 Å². The average Bonchev–Trinajstić information content (AvgIpc) is 3.58. The highest BCUT2D eigenvalue weighted by molar-refractivity contribution is 5.87. The van der Waals surface area contributed by atoms with E-state index in [1.54, 1.807) is 31.4 Å². The minimum atomic E-state index is -0.641. The lowest BCUT2D eigenvalue weighted by Gasteiger charge is -2.18. The first-order valence-corrected chi connectivity index (χ1v) is 12.0. The molecule has 0 atom stereocenters. The normalized spacial score (nSPS) is 11.3. The van der Waals surface area contributed by atoms with E-state index in [2.05, 4.69) is 20.3 Å². The standard InChI is InChI=1S/C27H26N4O8/c1-34-11-12-37-14-17-22(23-19(35-2)9-6-10-20(23)36-3)25(32)24(26(33)28-17)27-30-29-21(38-27)13-16-15-7-4-5-8-18(15)39-31-16/h4-10H,11-14H2,1-3H3,(H2,28,32,33). The van der Waals surface area contributed by atoms with Crippen molar-refractivity contribution in [1.29, 1.82) is 0 Å². The Labute approximate surface area is 222 Å². The number of aromatic nitrogens is 4. The van der Waals surface area contributed by atoms with Gasteiger partial charge in [0, 0.05) is 12.5 Å². The molecule has 0 aliphatic carbocycles. The number of ether oxygens (including phenoxy) is 4. The lowest BCUT2D eigenvalue weighted by molar-refractivity contribution is 0.0603. The summed E-state index contributed by atoms with van der Waals surface area (Å²) in [6, 6.07) is 12.6. The number of aromatic amines is 1. The second-order valence-corrected chi connectivity index (χ2v) is 8.42. The van der Waals surface area contributed by atoms with Crippen molar-refractivity contribution in [2.75, 3.05) is 34.5 Å². The Morgan fingerprint density at radius 2 is 1.69 bits per heavy atom. The molecule has 12 nitrogen and oxygen atoms in total. The quantitative estimate of drug-likeness (QED) is 0.238. The molecule has 0 bridgehead atoms. The second-order valence-electron chi connectivity index (χ2n) is 8.42. The molecular weight excluding hydrogens is 508 g/mol. The largest absolute Gasteiger partial charge is 0.506 e. The molecule has 39 heavy (non-hydrogen) atoms. The van der Waals surface area contributed by atoms with E-state index in [4.69, 9.17) is 27.9 Å². The molecule has 0 saturated carbocycles. The highest BCUT2D eigenvalue weighted by Crippen LogP contribution is 2.46. The van der Waals surface area contributed by atoms with Crippen LogP contribution >= 0.6 is 0 Å². The van der Waals surface area contributed by atoms with Gasteiger partial charge in [0.15, 0.2) is 5.58 Å². The first-order chi connectivity index (χ1) is 19.0. The number of methoxy groups -OCH3 is 3. The van der Waals surface area contributed by atoms with E-state index in [1.807, 2.05) is 18.2 Å². The van der Waals surface area contributed by atoms with Gasteiger partial charge in [-0.2, -0.15) is 0 Å². The summed E-state index contributed by atoms with van der Waals surface area (Å²) in [4.78, 5) is 16.0. The van der Waals surface area contributed by atoms with Gasteiger partial charge in [-0.3, -0.25) is 4.79 Å². The van der Waals surface area contributed by atoms with Crippen LogP contribution in [0.5, 0.6) is 17.2 Å². The van der Waals surface area contributed by atoms with Crippen LogP contribution in [-0.4, -0.2) is 60.0 Å². The number of rotatable bonds is 11. The van der Waals surface area contributed by atoms with Crippen molar-refractivity contribution < 1.29 is 33.0 Å². The van der Waals surface area contributed by atoms with Crippen molar-refractivity contribution >= 4 is 11.0 Å². The number of hydrogen-bond donors (Lipinski definition) is 2. The van der Waals surface area contributed by atoms with Crippen LogP contribution in [0, 0.1) is 0 Å². The molecule has 0 unspecified atom stereocenters. The molecular formula is C27H26N4O8. The molecule has 0 radical (unpaired) electrons. The van der Waals surface area contributed by atoms with Crippen LogP contribution in [-0.2, 0) is 22.5 Å². The van der Waals surface area contributed by atoms with Gasteiger partial charge < -0.3 is 38.0 Å². The van der Waals surface area contributed by atoms with Crippen LogP contribution < -0.4 is 15.0 Å². The van der Waals surface area contributed by atoms with Gasteiger partial charge in [-0.25, -0.2) is 0 Å². The van der Waals surface area contributed by atoms with Crippen LogP contribution in [0.15, 0.2) is 56.2 Å². The first kappa shape index (κ1) is 25.9. The maximum absolute atomic E-state index is 13.2. The fourth-order valence-electron chi connectivity index (χ4n) is 4.26. The van der Waals surface area contributed by atoms with Crippen LogP contribution in [0.25, 0.3) is 33.6 Å². The van der Waals surface area contributed by atoms with Gasteiger partial charge in [0.25, 0.3) is 11.4 Å². The Balaban J connectivity index is 1.60. The molecule has 5 rings (SSSR count). The number of H-pyrrole nitrogens is 1. The molecule has 0 spiro atoms. The van der Waals surface area contributed by atoms with Crippen molar-refractivity contribution in [2.45, 2.75) is 13.0 Å². The minimum Gasteiger partial charge on any atom is -0.506 e. The predicted octanol–water partition coefficient (Wildman–Crippen LogP) is 3.71. The molecule has 12 heteroatoms. The van der Waals surface area contributed by atoms with Crippen molar-refractivity contribution in [3.63, 3.8) is 0 Å². The SMILES string of the molecule is COCCOCc1[nH]c(=O)c(-c2nnc(Cc3noc4ccccc34)o2)c(O)c1-c1c(OC)cccc1OC. The van der Waals surface area contributed by atoms with E-state index in [-0.39, 0.29) is 42.5 Å². The highest BCUT2D eigenvalue weighted by Gasteiger charge is 2.28. The third-order valence-electron chi connectivity index (χ3n) is 6.07. The molecule has 0 amide bonds. The Morgan fingerprint density at radius 3 is 2.44 bits per heavy atom. The van der Waals surface area contributed by atoms with Crippen molar-refractivity contribution in [2.24, 2.45) is 0 Å². The monoisotopic (exact) mass is 534 g/mol. The van der Waals surface area contributed by atoms with Crippen LogP contribution in [0.2, 0.25) is 0 Å². The predicted molar refractivity (Wildman–Crippen MR) is 139 cm³/mol. The highest BCUT2D eigenvalue weighted by atomic mass is 16.5. The maximum atomic E-state index is 13.2. The molecule has 2 aromatic carbocycles. The smallest absolute Gasteiger partial charge is 0.264 e. The molecule has 3 aromatic heterocycles. The van der Waals surface area contributed by atoms with Crippen LogP contribution in [0.4, 0.5) is 0 Å². The van der Waals surface area contributed by atoms with Gasteiger partial charge >= 0.3 is 0 Å². The fourth-order valence-corrected chi connectivity index (χ4v) is 4.26. The third-order valence-corrected chi connectivity index (χ3v) is 6.07. The molecule has 5 aromatic rings. The molecule has 0 aliphatic heterocycles. The average molecular weight is 535 g/mol. The lowest BCUT2D eigenvalue weighted by atomic mass is 9.98. The summed E-state index contributed by atoms with van der Waals surface area (Å²) in [6.07, 6.45) is 0.168. The fraction of sp³-hybridized carbons (Fsp3) is 0.259. The summed E-state index contributed by atoms with van der Waals surface area (Å²) in [5, 5.41) is 24.5. The van der Waals surface area contributed by atoms with Crippen LogP contribution in [0.3, 0.4) is 0 Å². The molecule has 2 N–H and O–H groups in total. The summed E-state index contributed by atoms with van der Waals surface area (Å²) in [5.74, 6) is 0.439. The van der Waals surface area contributed by atoms with E-state index in [1.165, 1.54) is 14.2 Å². The maximum Gasteiger partial charge on any atom is 0.264 e. The van der Waals surface area contributed by atoms with Gasteiger partial charge in [-0.15, -0.1) is 10.2 Å². The number of pyridine rings is 1. The van der Waals surface area contributed by atoms with Gasteiger partial charge in [0.2, 0.25) is 5.89 Å². The number of benzene rings is 2. The molecule has 202 valence electrons. The Kier molecular flexibility index (Phi) is 7.57. The number of para-hydroxylation sites is 1. The van der Waals surface area contributed by atoms with E-state index < -0.39 is 11.3 Å². The topological polar surface area (TPSA) is 155 Å². The number of fused-ring (bicyclic) bond motifs is 1. The zero-order valence-electron chi connectivity index (χ0n) is 21.5. The molecule has 0 fully saturated rings. The molecule has 0 aliphatic rings. The zero-order chi connectivity index (χ0) is 27.4. The van der Waals surface area contributed by atoms with Gasteiger partial charge in [-0.05, 0) is 24.3 Å². The third kappa shape index (κ3) is 5.07. The Morgan fingerprint density at radius 1 is 0.923 bits per heavy atom. The van der Waals surface area contributed by atoms with Crippen molar-refractivity contribution in [1.82, 2.24) is 20.3 Å². The second kappa shape index (κ2) is 11.4. The van der Waals surface area contributed by atoms with Crippen molar-refractivity contribution in [3.05, 3.63) is 70.1 Å². The number of nitrogens with zero attached hydrogens (tertiary/aromatic N) is 3. The molecule has 3 heterocycles. The summed E-state index contributed by atoms with van der Waals surface area (Å²) in [6.45, 7) is 0.595. The number of hydrogen-bond acceptors (Lipinski definition) is 11. The lowest BCUT2D eigenvalue weighted by Crippen LogP contribution is -2.16. The summed E-state index contributed by atoms with van der Waals surface area (Å²) >= 11 is 0. The van der Waals surface area contributed by atoms with Crippen LogP contribution in [0.1, 0.15) is 17.3 Å². The summed E-state index contributed by atoms with van der Waals surface area (Å²) < 4.78 is 33.0. The van der Waals surface area contributed by atoms with Gasteiger partial charge in [0.05, 0.1) is 57.3 Å². The molecule has 0 saturated heterocycles. The van der Waals surface area contributed by atoms with E-state index in [0.717, 1.165) is 5.39 Å². The minimum absolute atomic E-state index is 0.0305. The van der Waals surface area contributed by atoms with E-state index >= 15 is 0 Å². The Bertz CT molecular complexity index is 1630. The van der Waals surface area contributed by atoms with Gasteiger partial charge in [0.1, 0.15) is 28.5 Å². The van der Waals surface area contributed by atoms with E-state index in [9.17, 15) is 9.90 Å². The number of aromatic hydroxyl groups is 1. The van der Waals surface area contributed by atoms with Crippen molar-refractivity contribution in [3.8, 4) is 39.8 Å². The van der Waals surface area contributed by atoms with Gasteiger partial charge in [-0.1, -0.05) is 23.4 Å². The Hall–Kier alpha value is -4.68. The summed E-state index contributed by atoms with van der Waals surface area (Å²) in [5.41, 5.74) is 1.33. The number of nitrogens with one attached hydrogen (secondary N) is 1. The summed E-state index contributed by atoms with van der Waals surface area (Å²) in [7, 11) is 4.55. The first-order valence-electron chi connectivity index (χ1n) is 12.0. The zero-order valence-corrected chi connectivity index (χ0v) is 21.5.